The number of anilines is 1. The number of benzene rings is 2. The summed E-state index contributed by atoms with van der Waals surface area (Å²) in [7, 11) is -3.79. The number of sulfonamides is 1. The molecule has 0 aliphatic carbocycles. The Bertz CT molecular complexity index is 1040. The zero-order chi connectivity index (χ0) is 20.1. The summed E-state index contributed by atoms with van der Waals surface area (Å²) in [6.45, 7) is 4.59. The number of para-hydroxylation sites is 1. The van der Waals surface area contributed by atoms with Gasteiger partial charge in [-0.15, -0.1) is 0 Å². The van der Waals surface area contributed by atoms with Crippen molar-refractivity contribution in [1.29, 1.82) is 0 Å². The molecule has 0 bridgehead atoms. The van der Waals surface area contributed by atoms with E-state index in [0.717, 1.165) is 17.3 Å². The van der Waals surface area contributed by atoms with Gasteiger partial charge in [-0.2, -0.15) is 4.31 Å². The van der Waals surface area contributed by atoms with Crippen molar-refractivity contribution in [3.63, 3.8) is 0 Å². The van der Waals surface area contributed by atoms with Crippen molar-refractivity contribution < 1.29 is 17.6 Å². The molecule has 0 unspecified atom stereocenters. The van der Waals surface area contributed by atoms with E-state index in [-0.39, 0.29) is 23.9 Å². The monoisotopic (exact) mass is 402 g/mol. The number of halogens is 1. The predicted octanol–water partition coefficient (Wildman–Crippen LogP) is 3.22. The van der Waals surface area contributed by atoms with Gasteiger partial charge in [0.15, 0.2) is 0 Å². The average Bonchev–Trinajstić information content (AvgIpc) is 2.92. The molecule has 0 radical (unpaired) electrons. The van der Waals surface area contributed by atoms with Crippen LogP contribution in [0.1, 0.15) is 30.9 Å². The van der Waals surface area contributed by atoms with Gasteiger partial charge in [0.05, 0.1) is 10.3 Å². The van der Waals surface area contributed by atoms with E-state index in [0.29, 0.717) is 24.9 Å². The summed E-state index contributed by atoms with van der Waals surface area (Å²) in [5.41, 5.74) is 1.65. The first-order valence-electron chi connectivity index (χ1n) is 9.49. The van der Waals surface area contributed by atoms with Crippen molar-refractivity contribution in [3.8, 4) is 0 Å². The summed E-state index contributed by atoms with van der Waals surface area (Å²) in [4.78, 5) is 14.9. The molecule has 2 heterocycles. The lowest BCUT2D eigenvalue weighted by molar-refractivity contribution is -0.124. The first-order chi connectivity index (χ1) is 13.3. The highest BCUT2D eigenvalue weighted by atomic mass is 32.2. The minimum Gasteiger partial charge on any atom is -0.312 e. The molecular formula is C21H23FN2O3S. The SMILES string of the molecule is CCN1C(=O)C2(CCN(S(=O)(=O)c3ccc(C)c(F)c3)CC2)c2ccccc21. The van der Waals surface area contributed by atoms with E-state index in [4.69, 9.17) is 0 Å². The van der Waals surface area contributed by atoms with Crippen LogP contribution in [0.5, 0.6) is 0 Å². The average molecular weight is 402 g/mol. The number of fused-ring (bicyclic) bond motifs is 2. The topological polar surface area (TPSA) is 57.7 Å². The lowest BCUT2D eigenvalue weighted by Gasteiger charge is -2.37. The van der Waals surface area contributed by atoms with Crippen molar-refractivity contribution in [2.75, 3.05) is 24.5 Å². The second kappa shape index (κ2) is 6.67. The maximum atomic E-state index is 13.9. The number of carbonyl (C=O) groups excluding carboxylic acids is 1. The molecule has 28 heavy (non-hydrogen) atoms. The van der Waals surface area contributed by atoms with Crippen molar-refractivity contribution in [1.82, 2.24) is 4.31 Å². The van der Waals surface area contributed by atoms with E-state index in [1.54, 1.807) is 11.8 Å². The molecule has 1 saturated heterocycles. The molecule has 2 aromatic carbocycles. The van der Waals surface area contributed by atoms with Crippen LogP contribution < -0.4 is 4.90 Å². The van der Waals surface area contributed by atoms with Gasteiger partial charge in [-0.05, 0) is 56.0 Å². The molecule has 0 saturated carbocycles. The molecule has 1 fully saturated rings. The summed E-state index contributed by atoms with van der Waals surface area (Å²) >= 11 is 0. The Morgan fingerprint density at radius 2 is 1.79 bits per heavy atom. The lowest BCUT2D eigenvalue weighted by atomic mass is 9.74. The highest BCUT2D eigenvalue weighted by Crippen LogP contribution is 2.48. The highest BCUT2D eigenvalue weighted by Gasteiger charge is 2.52. The molecule has 7 heteroatoms. The summed E-state index contributed by atoms with van der Waals surface area (Å²) in [6, 6.07) is 11.7. The minimum absolute atomic E-state index is 0.0418. The smallest absolute Gasteiger partial charge is 0.243 e. The first-order valence-corrected chi connectivity index (χ1v) is 10.9. The summed E-state index contributed by atoms with van der Waals surface area (Å²) in [6.07, 6.45) is 0.847. The Morgan fingerprint density at radius 3 is 2.43 bits per heavy atom. The standard InChI is InChI=1S/C21H23FN2O3S/c1-3-24-19-7-5-4-6-17(19)21(20(24)25)10-12-23(13-11-21)28(26,27)16-9-8-15(2)18(22)14-16/h4-9,14H,3,10-13H2,1-2H3. The minimum atomic E-state index is -3.79. The van der Waals surface area contributed by atoms with E-state index in [2.05, 4.69) is 0 Å². The molecule has 1 spiro atoms. The number of nitrogens with zero attached hydrogens (tertiary/aromatic N) is 2. The van der Waals surface area contributed by atoms with Crippen LogP contribution in [-0.2, 0) is 20.2 Å². The Kier molecular flexibility index (Phi) is 4.55. The van der Waals surface area contributed by atoms with Gasteiger partial charge in [-0.25, -0.2) is 12.8 Å². The van der Waals surface area contributed by atoms with Crippen LogP contribution in [0.3, 0.4) is 0 Å². The summed E-state index contributed by atoms with van der Waals surface area (Å²) in [5.74, 6) is -0.484. The van der Waals surface area contributed by atoms with E-state index in [9.17, 15) is 17.6 Å². The van der Waals surface area contributed by atoms with Crippen LogP contribution >= 0.6 is 0 Å². The van der Waals surface area contributed by atoms with Gasteiger partial charge in [-0.3, -0.25) is 4.79 Å². The maximum Gasteiger partial charge on any atom is 0.243 e. The molecule has 2 aliphatic heterocycles. The Morgan fingerprint density at radius 1 is 1.11 bits per heavy atom. The van der Waals surface area contributed by atoms with Crippen molar-refractivity contribution in [2.24, 2.45) is 0 Å². The second-order valence-corrected chi connectivity index (χ2v) is 9.40. The van der Waals surface area contributed by atoms with E-state index in [1.165, 1.54) is 16.4 Å². The van der Waals surface area contributed by atoms with Gasteiger partial charge in [0.2, 0.25) is 15.9 Å². The Balaban J connectivity index is 1.63. The molecule has 2 aliphatic rings. The predicted molar refractivity (Wildman–Crippen MR) is 105 cm³/mol. The third-order valence-corrected chi connectivity index (χ3v) is 7.93. The quantitative estimate of drug-likeness (QED) is 0.792. The number of piperidine rings is 1. The zero-order valence-corrected chi connectivity index (χ0v) is 16.8. The fourth-order valence-corrected chi connectivity index (χ4v) is 5.84. The van der Waals surface area contributed by atoms with Crippen LogP contribution in [0, 0.1) is 12.7 Å². The first kappa shape index (κ1) is 19.1. The number of hydrogen-bond acceptors (Lipinski definition) is 3. The zero-order valence-electron chi connectivity index (χ0n) is 16.0. The molecule has 0 N–H and O–H groups in total. The summed E-state index contributed by atoms with van der Waals surface area (Å²) in [5, 5.41) is 0. The van der Waals surface area contributed by atoms with Crippen LogP contribution in [0.4, 0.5) is 10.1 Å². The number of rotatable bonds is 3. The Hall–Kier alpha value is -2.25. The molecule has 5 nitrogen and oxygen atoms in total. The third-order valence-electron chi connectivity index (χ3n) is 6.04. The fourth-order valence-electron chi connectivity index (χ4n) is 4.39. The van der Waals surface area contributed by atoms with Crippen LogP contribution in [0.2, 0.25) is 0 Å². The normalized spacial score (nSPS) is 19.2. The van der Waals surface area contributed by atoms with Gasteiger partial charge in [0, 0.05) is 25.3 Å². The van der Waals surface area contributed by atoms with Crippen molar-refractivity contribution in [3.05, 3.63) is 59.4 Å². The number of aryl methyl sites for hydroxylation is 1. The molecule has 0 aromatic heterocycles. The number of hydrogen-bond donors (Lipinski definition) is 0. The van der Waals surface area contributed by atoms with Gasteiger partial charge in [0.1, 0.15) is 5.82 Å². The largest absolute Gasteiger partial charge is 0.312 e. The van der Waals surface area contributed by atoms with Crippen molar-refractivity contribution >= 4 is 21.6 Å². The number of amides is 1. The van der Waals surface area contributed by atoms with E-state index in [1.807, 2.05) is 31.2 Å². The molecule has 1 amide bonds. The van der Waals surface area contributed by atoms with Crippen LogP contribution in [0.15, 0.2) is 47.4 Å². The van der Waals surface area contributed by atoms with E-state index < -0.39 is 21.3 Å². The third kappa shape index (κ3) is 2.68. The van der Waals surface area contributed by atoms with E-state index >= 15 is 0 Å². The molecular weight excluding hydrogens is 379 g/mol. The molecule has 2 aromatic rings. The van der Waals surface area contributed by atoms with Gasteiger partial charge >= 0.3 is 0 Å². The maximum absolute atomic E-state index is 13.9. The van der Waals surface area contributed by atoms with Gasteiger partial charge in [0.25, 0.3) is 0 Å². The fraction of sp³-hybridized carbons (Fsp3) is 0.381. The second-order valence-electron chi connectivity index (χ2n) is 7.46. The van der Waals surface area contributed by atoms with Crippen molar-refractivity contribution in [2.45, 2.75) is 37.0 Å². The highest BCUT2D eigenvalue weighted by molar-refractivity contribution is 7.89. The lowest BCUT2D eigenvalue weighted by Crippen LogP contribution is -2.50. The van der Waals surface area contributed by atoms with Gasteiger partial charge < -0.3 is 4.90 Å². The number of carbonyl (C=O) groups is 1. The molecule has 0 atom stereocenters. The van der Waals surface area contributed by atoms with Gasteiger partial charge in [-0.1, -0.05) is 24.3 Å². The summed E-state index contributed by atoms with van der Waals surface area (Å²) < 4.78 is 41.2. The molecule has 4 rings (SSSR count). The Labute approximate surface area is 164 Å². The number of likely N-dealkylation sites (N-methyl/N-ethyl adjacent to an activating group) is 1. The van der Waals surface area contributed by atoms with Crippen LogP contribution in [0.25, 0.3) is 0 Å². The van der Waals surface area contributed by atoms with Crippen LogP contribution in [-0.4, -0.2) is 38.3 Å². The molecule has 148 valence electrons.